The Morgan fingerprint density at radius 2 is 2.24 bits per heavy atom. The van der Waals surface area contributed by atoms with Crippen molar-refractivity contribution in [2.45, 2.75) is 50.6 Å². The highest BCUT2D eigenvalue weighted by molar-refractivity contribution is 5.91. The predicted molar refractivity (Wildman–Crippen MR) is 62.2 cm³/mol. The molecule has 2 aliphatic rings. The van der Waals surface area contributed by atoms with Crippen molar-refractivity contribution in [3.05, 3.63) is 0 Å². The van der Waals surface area contributed by atoms with Gasteiger partial charge in [-0.2, -0.15) is 0 Å². The minimum Gasteiger partial charge on any atom is -0.396 e. The average molecular weight is 240 g/mol. The maximum atomic E-state index is 12.3. The van der Waals surface area contributed by atoms with Crippen LogP contribution in [0.1, 0.15) is 38.5 Å². The zero-order chi connectivity index (χ0) is 12.3. The van der Waals surface area contributed by atoms with E-state index in [1.54, 1.807) is 0 Å². The monoisotopic (exact) mass is 240 g/mol. The molecule has 5 heteroatoms. The highest BCUT2D eigenvalue weighted by Gasteiger charge is 2.34. The summed E-state index contributed by atoms with van der Waals surface area (Å²) >= 11 is 0. The first-order chi connectivity index (χ1) is 8.22. The molecule has 0 radical (unpaired) electrons. The summed E-state index contributed by atoms with van der Waals surface area (Å²) < 4.78 is 0. The van der Waals surface area contributed by atoms with E-state index in [0.717, 1.165) is 25.8 Å². The topological polar surface area (TPSA) is 69.6 Å². The standard InChI is InChI=1S/C12H20N2O3/c15-8-6-9-3-1-2-7-14(9)12(17)10-4-5-11(16)13-10/h9-10,15H,1-8H2,(H,13,16)/t9?,10-/m0/s1. The molecule has 2 fully saturated rings. The molecule has 2 atom stereocenters. The fourth-order valence-corrected chi connectivity index (χ4v) is 2.74. The number of likely N-dealkylation sites (tertiary alicyclic amines) is 1. The number of rotatable bonds is 3. The minimum atomic E-state index is -0.332. The van der Waals surface area contributed by atoms with E-state index in [-0.39, 0.29) is 30.5 Å². The molecular weight excluding hydrogens is 220 g/mol. The van der Waals surface area contributed by atoms with Crippen LogP contribution in [0, 0.1) is 0 Å². The average Bonchev–Trinajstić information content (AvgIpc) is 2.76. The van der Waals surface area contributed by atoms with Crippen molar-refractivity contribution >= 4 is 11.8 Å². The van der Waals surface area contributed by atoms with Crippen LogP contribution in [0.2, 0.25) is 0 Å². The van der Waals surface area contributed by atoms with Crippen molar-refractivity contribution < 1.29 is 14.7 Å². The van der Waals surface area contributed by atoms with Crippen LogP contribution in [-0.4, -0.2) is 47.1 Å². The molecule has 0 saturated carbocycles. The predicted octanol–water partition coefficient (Wildman–Crippen LogP) is 0.0285. The Hall–Kier alpha value is -1.10. The van der Waals surface area contributed by atoms with Crippen LogP contribution in [0.25, 0.3) is 0 Å². The number of hydrogen-bond donors (Lipinski definition) is 2. The largest absolute Gasteiger partial charge is 0.396 e. The minimum absolute atomic E-state index is 0.0286. The van der Waals surface area contributed by atoms with Gasteiger partial charge in [-0.1, -0.05) is 0 Å². The van der Waals surface area contributed by atoms with Gasteiger partial charge in [0.05, 0.1) is 0 Å². The Kier molecular flexibility index (Phi) is 3.99. The summed E-state index contributed by atoms with van der Waals surface area (Å²) in [7, 11) is 0. The maximum absolute atomic E-state index is 12.3. The van der Waals surface area contributed by atoms with Crippen molar-refractivity contribution in [1.29, 1.82) is 0 Å². The lowest BCUT2D eigenvalue weighted by Crippen LogP contribution is -2.51. The van der Waals surface area contributed by atoms with Gasteiger partial charge in [-0.05, 0) is 32.1 Å². The summed E-state index contributed by atoms with van der Waals surface area (Å²) in [6, 6.07) is -0.180. The van der Waals surface area contributed by atoms with Gasteiger partial charge >= 0.3 is 0 Å². The summed E-state index contributed by atoms with van der Waals surface area (Å²) in [6.07, 6.45) is 4.81. The lowest BCUT2D eigenvalue weighted by atomic mass is 9.98. The zero-order valence-corrected chi connectivity index (χ0v) is 10.0. The van der Waals surface area contributed by atoms with Gasteiger partial charge in [0.15, 0.2) is 0 Å². The Morgan fingerprint density at radius 3 is 2.88 bits per heavy atom. The second-order valence-electron chi connectivity index (χ2n) is 4.85. The Morgan fingerprint density at radius 1 is 1.41 bits per heavy atom. The van der Waals surface area contributed by atoms with Gasteiger partial charge < -0.3 is 15.3 Å². The van der Waals surface area contributed by atoms with Crippen LogP contribution in [0.3, 0.4) is 0 Å². The molecule has 5 nitrogen and oxygen atoms in total. The van der Waals surface area contributed by atoms with E-state index < -0.39 is 0 Å². The number of carbonyl (C=O) groups excluding carboxylic acids is 2. The first kappa shape index (κ1) is 12.4. The first-order valence-corrected chi connectivity index (χ1v) is 6.43. The van der Waals surface area contributed by atoms with Crippen molar-refractivity contribution in [1.82, 2.24) is 10.2 Å². The smallest absolute Gasteiger partial charge is 0.245 e. The summed E-state index contributed by atoms with van der Waals surface area (Å²) in [6.45, 7) is 0.876. The van der Waals surface area contributed by atoms with Gasteiger partial charge in [0.2, 0.25) is 11.8 Å². The fourth-order valence-electron chi connectivity index (χ4n) is 2.74. The van der Waals surface area contributed by atoms with E-state index in [1.165, 1.54) is 0 Å². The third-order valence-electron chi connectivity index (χ3n) is 3.67. The van der Waals surface area contributed by atoms with Crippen LogP contribution < -0.4 is 5.32 Å². The van der Waals surface area contributed by atoms with E-state index >= 15 is 0 Å². The summed E-state index contributed by atoms with van der Waals surface area (Å²) in [4.78, 5) is 25.2. The number of carbonyl (C=O) groups is 2. The summed E-state index contributed by atoms with van der Waals surface area (Å²) in [5.74, 6) is 0.00747. The molecule has 0 spiro atoms. The van der Waals surface area contributed by atoms with Crippen LogP contribution in [-0.2, 0) is 9.59 Å². The lowest BCUT2D eigenvalue weighted by molar-refractivity contribution is -0.138. The third kappa shape index (κ3) is 2.77. The molecule has 2 heterocycles. The molecule has 17 heavy (non-hydrogen) atoms. The number of nitrogens with one attached hydrogen (secondary N) is 1. The highest BCUT2D eigenvalue weighted by atomic mass is 16.3. The quantitative estimate of drug-likeness (QED) is 0.731. The van der Waals surface area contributed by atoms with Crippen molar-refractivity contribution in [3.63, 3.8) is 0 Å². The number of aliphatic hydroxyl groups is 1. The number of hydrogen-bond acceptors (Lipinski definition) is 3. The normalized spacial score (nSPS) is 29.2. The highest BCUT2D eigenvalue weighted by Crippen LogP contribution is 2.22. The molecular formula is C12H20N2O3. The molecule has 0 aromatic carbocycles. The molecule has 0 bridgehead atoms. The van der Waals surface area contributed by atoms with Crippen molar-refractivity contribution in [2.75, 3.05) is 13.2 Å². The fraction of sp³-hybridized carbons (Fsp3) is 0.833. The van der Waals surface area contributed by atoms with E-state index in [1.807, 2.05) is 4.90 Å². The van der Waals surface area contributed by atoms with Gasteiger partial charge in [-0.25, -0.2) is 0 Å². The molecule has 0 aromatic rings. The van der Waals surface area contributed by atoms with Crippen LogP contribution in [0.4, 0.5) is 0 Å². The molecule has 0 aromatic heterocycles. The molecule has 2 aliphatic heterocycles. The molecule has 2 amide bonds. The Bertz CT molecular complexity index is 304. The summed E-state index contributed by atoms with van der Waals surface area (Å²) in [5, 5.41) is 11.7. The summed E-state index contributed by atoms with van der Waals surface area (Å²) in [5.41, 5.74) is 0. The Balaban J connectivity index is 1.98. The van der Waals surface area contributed by atoms with Gasteiger partial charge in [0.25, 0.3) is 0 Å². The van der Waals surface area contributed by atoms with E-state index in [2.05, 4.69) is 5.32 Å². The molecule has 96 valence electrons. The third-order valence-corrected chi connectivity index (χ3v) is 3.67. The van der Waals surface area contributed by atoms with Crippen LogP contribution in [0.5, 0.6) is 0 Å². The molecule has 2 rings (SSSR count). The van der Waals surface area contributed by atoms with Crippen LogP contribution >= 0.6 is 0 Å². The van der Waals surface area contributed by atoms with E-state index in [4.69, 9.17) is 5.11 Å². The van der Waals surface area contributed by atoms with Gasteiger partial charge in [-0.3, -0.25) is 9.59 Å². The molecule has 0 aliphatic carbocycles. The molecule has 2 saturated heterocycles. The van der Waals surface area contributed by atoms with Crippen LogP contribution in [0.15, 0.2) is 0 Å². The Labute approximate surface area is 101 Å². The van der Waals surface area contributed by atoms with E-state index in [9.17, 15) is 9.59 Å². The number of aliphatic hydroxyl groups excluding tert-OH is 1. The lowest BCUT2D eigenvalue weighted by Gasteiger charge is -2.37. The van der Waals surface area contributed by atoms with Gasteiger partial charge in [0.1, 0.15) is 6.04 Å². The SMILES string of the molecule is O=C1CC[C@@H](C(=O)N2CCCCC2CCO)N1. The number of amides is 2. The molecule has 1 unspecified atom stereocenters. The van der Waals surface area contributed by atoms with Crippen molar-refractivity contribution in [2.24, 2.45) is 0 Å². The molecule has 2 N–H and O–H groups in total. The zero-order valence-electron chi connectivity index (χ0n) is 10.0. The van der Waals surface area contributed by atoms with Gasteiger partial charge in [-0.15, -0.1) is 0 Å². The van der Waals surface area contributed by atoms with Crippen molar-refractivity contribution in [3.8, 4) is 0 Å². The number of piperidine rings is 1. The van der Waals surface area contributed by atoms with E-state index in [0.29, 0.717) is 19.3 Å². The maximum Gasteiger partial charge on any atom is 0.245 e. The number of nitrogens with zero attached hydrogens (tertiary/aromatic N) is 1. The first-order valence-electron chi connectivity index (χ1n) is 6.43. The van der Waals surface area contributed by atoms with Gasteiger partial charge in [0, 0.05) is 25.6 Å². The second-order valence-corrected chi connectivity index (χ2v) is 4.85. The second kappa shape index (κ2) is 5.49.